The molecular weight excluding hydrogens is 362 g/mol. The molecule has 2 amide bonds. The number of carbonyl (C=O) groups excluding carboxylic acids is 2. The lowest BCUT2D eigenvalue weighted by molar-refractivity contribution is -0.122. The zero-order valence-corrected chi connectivity index (χ0v) is 17.4. The lowest BCUT2D eigenvalue weighted by Gasteiger charge is -2.22. The predicted octanol–water partition coefficient (Wildman–Crippen LogP) is 5.48. The predicted molar refractivity (Wildman–Crippen MR) is 114 cm³/mol. The molecule has 2 aromatic rings. The van der Waals surface area contributed by atoms with Crippen molar-refractivity contribution in [3.8, 4) is 11.5 Å². The lowest BCUT2D eigenvalue weighted by atomic mass is 9.78. The first-order chi connectivity index (χ1) is 13.8. The number of amides is 2. The normalized spacial score (nSPS) is 24.0. The SMILES string of the molecule is CC1C=CCC2C(=O)N(c3ccc(Oc4ccc(C(C)(C)C)cc4)cc3)C(=O)C12. The third-order valence-electron chi connectivity index (χ3n) is 5.92. The molecule has 29 heavy (non-hydrogen) atoms. The van der Waals surface area contributed by atoms with Crippen LogP contribution in [0.15, 0.2) is 60.7 Å². The number of benzene rings is 2. The third kappa shape index (κ3) is 3.59. The van der Waals surface area contributed by atoms with Gasteiger partial charge in [0.25, 0.3) is 0 Å². The summed E-state index contributed by atoms with van der Waals surface area (Å²) in [6.07, 6.45) is 4.70. The highest BCUT2D eigenvalue weighted by atomic mass is 16.5. The maximum absolute atomic E-state index is 12.9. The van der Waals surface area contributed by atoms with E-state index in [1.807, 2.05) is 31.2 Å². The quantitative estimate of drug-likeness (QED) is 0.516. The van der Waals surface area contributed by atoms with Gasteiger partial charge in [-0.05, 0) is 59.7 Å². The van der Waals surface area contributed by atoms with Crippen LogP contribution in [0.25, 0.3) is 0 Å². The molecule has 3 atom stereocenters. The molecule has 1 fully saturated rings. The molecule has 150 valence electrons. The van der Waals surface area contributed by atoms with E-state index < -0.39 is 0 Å². The van der Waals surface area contributed by atoms with E-state index in [9.17, 15) is 9.59 Å². The fraction of sp³-hybridized carbons (Fsp3) is 0.360. The van der Waals surface area contributed by atoms with Crippen molar-refractivity contribution >= 4 is 17.5 Å². The summed E-state index contributed by atoms with van der Waals surface area (Å²) in [6, 6.07) is 15.2. The summed E-state index contributed by atoms with van der Waals surface area (Å²) in [6.45, 7) is 8.53. The van der Waals surface area contributed by atoms with Gasteiger partial charge in [0.05, 0.1) is 17.5 Å². The van der Waals surface area contributed by atoms with Crippen molar-refractivity contribution in [1.82, 2.24) is 0 Å². The fourth-order valence-corrected chi connectivity index (χ4v) is 4.22. The van der Waals surface area contributed by atoms with Gasteiger partial charge in [0.15, 0.2) is 0 Å². The summed E-state index contributed by atoms with van der Waals surface area (Å²) in [7, 11) is 0. The molecule has 0 bridgehead atoms. The van der Waals surface area contributed by atoms with E-state index in [0.717, 1.165) is 5.75 Å². The zero-order valence-electron chi connectivity index (χ0n) is 17.4. The van der Waals surface area contributed by atoms with Crippen molar-refractivity contribution in [1.29, 1.82) is 0 Å². The van der Waals surface area contributed by atoms with Crippen LogP contribution in [0, 0.1) is 17.8 Å². The first kappa shape index (κ1) is 19.4. The Bertz CT molecular complexity index is 951. The van der Waals surface area contributed by atoms with E-state index in [-0.39, 0.29) is 35.0 Å². The van der Waals surface area contributed by atoms with Gasteiger partial charge >= 0.3 is 0 Å². The summed E-state index contributed by atoms with van der Waals surface area (Å²) in [5.74, 6) is 0.845. The zero-order chi connectivity index (χ0) is 20.8. The number of hydrogen-bond acceptors (Lipinski definition) is 3. The largest absolute Gasteiger partial charge is 0.457 e. The Morgan fingerprint density at radius 3 is 2.03 bits per heavy atom. The maximum atomic E-state index is 12.9. The minimum Gasteiger partial charge on any atom is -0.457 e. The molecule has 4 nitrogen and oxygen atoms in total. The molecule has 0 N–H and O–H groups in total. The highest BCUT2D eigenvalue weighted by Gasteiger charge is 2.50. The smallest absolute Gasteiger partial charge is 0.238 e. The number of rotatable bonds is 3. The molecule has 0 aromatic heterocycles. The second-order valence-corrected chi connectivity index (χ2v) is 9.04. The maximum Gasteiger partial charge on any atom is 0.238 e. The van der Waals surface area contributed by atoms with Gasteiger partial charge < -0.3 is 4.74 Å². The van der Waals surface area contributed by atoms with Crippen molar-refractivity contribution < 1.29 is 14.3 Å². The van der Waals surface area contributed by atoms with Gasteiger partial charge in [-0.1, -0.05) is 52.0 Å². The van der Waals surface area contributed by atoms with Gasteiger partial charge in [0.2, 0.25) is 11.8 Å². The first-order valence-electron chi connectivity index (χ1n) is 10.2. The molecule has 0 saturated carbocycles. The Hall–Kier alpha value is -2.88. The van der Waals surface area contributed by atoms with Crippen LogP contribution in [0.2, 0.25) is 0 Å². The molecule has 1 saturated heterocycles. The summed E-state index contributed by atoms with van der Waals surface area (Å²) in [5.41, 5.74) is 1.95. The van der Waals surface area contributed by atoms with Crippen LogP contribution in [0.5, 0.6) is 11.5 Å². The Morgan fingerprint density at radius 2 is 1.48 bits per heavy atom. The van der Waals surface area contributed by atoms with Crippen molar-refractivity contribution in [2.75, 3.05) is 4.90 Å². The average molecular weight is 389 g/mol. The van der Waals surface area contributed by atoms with Crippen molar-refractivity contribution in [3.05, 3.63) is 66.2 Å². The second kappa shape index (κ2) is 7.18. The number of ether oxygens (including phenoxy) is 1. The van der Waals surface area contributed by atoms with Crippen molar-refractivity contribution in [2.45, 2.75) is 39.5 Å². The molecule has 2 aliphatic rings. The Balaban J connectivity index is 1.50. The monoisotopic (exact) mass is 389 g/mol. The third-order valence-corrected chi connectivity index (χ3v) is 5.92. The average Bonchev–Trinajstić information content (AvgIpc) is 2.94. The number of allylic oxidation sites excluding steroid dienone is 2. The molecule has 1 aliphatic carbocycles. The van der Waals surface area contributed by atoms with Crippen LogP contribution in [0.1, 0.15) is 39.7 Å². The highest BCUT2D eigenvalue weighted by molar-refractivity contribution is 6.22. The summed E-state index contributed by atoms with van der Waals surface area (Å²) in [5, 5.41) is 0. The molecule has 3 unspecified atom stereocenters. The molecule has 4 heteroatoms. The minimum absolute atomic E-state index is 0.0916. The second-order valence-electron chi connectivity index (χ2n) is 9.04. The van der Waals surface area contributed by atoms with E-state index in [2.05, 4.69) is 32.9 Å². The van der Waals surface area contributed by atoms with Crippen LogP contribution in [-0.4, -0.2) is 11.8 Å². The van der Waals surface area contributed by atoms with Crippen LogP contribution in [-0.2, 0) is 15.0 Å². The number of imide groups is 1. The number of fused-ring (bicyclic) bond motifs is 1. The number of hydrogen-bond donors (Lipinski definition) is 0. The number of nitrogens with zero attached hydrogens (tertiary/aromatic N) is 1. The van der Waals surface area contributed by atoms with Crippen molar-refractivity contribution in [2.24, 2.45) is 17.8 Å². The van der Waals surface area contributed by atoms with E-state index in [1.165, 1.54) is 10.5 Å². The van der Waals surface area contributed by atoms with Gasteiger partial charge in [0.1, 0.15) is 11.5 Å². The van der Waals surface area contributed by atoms with Gasteiger partial charge in [-0.25, -0.2) is 0 Å². The minimum atomic E-state index is -0.246. The fourth-order valence-electron chi connectivity index (χ4n) is 4.22. The van der Waals surface area contributed by atoms with E-state index in [0.29, 0.717) is 17.9 Å². The standard InChI is InChI=1S/C25H27NO3/c1-16-6-5-7-21-22(16)24(28)26(23(21)27)18-10-14-20(15-11-18)29-19-12-8-17(9-13-19)25(2,3)4/h5-6,8-16,21-22H,7H2,1-4H3. The van der Waals surface area contributed by atoms with Crippen LogP contribution >= 0.6 is 0 Å². The summed E-state index contributed by atoms with van der Waals surface area (Å²) in [4.78, 5) is 27.1. The molecule has 0 spiro atoms. The molecule has 1 aliphatic heterocycles. The van der Waals surface area contributed by atoms with E-state index in [4.69, 9.17) is 4.74 Å². The van der Waals surface area contributed by atoms with Gasteiger partial charge in [0, 0.05) is 0 Å². The van der Waals surface area contributed by atoms with E-state index >= 15 is 0 Å². The van der Waals surface area contributed by atoms with Gasteiger partial charge in [-0.3, -0.25) is 14.5 Å². The summed E-state index contributed by atoms with van der Waals surface area (Å²) >= 11 is 0. The van der Waals surface area contributed by atoms with E-state index in [1.54, 1.807) is 24.3 Å². The highest BCUT2D eigenvalue weighted by Crippen LogP contribution is 2.40. The Labute approximate surface area is 172 Å². The molecular formula is C25H27NO3. The van der Waals surface area contributed by atoms with Crippen LogP contribution in [0.3, 0.4) is 0 Å². The topological polar surface area (TPSA) is 46.6 Å². The molecule has 1 heterocycles. The van der Waals surface area contributed by atoms with Crippen LogP contribution < -0.4 is 9.64 Å². The molecule has 4 rings (SSSR count). The van der Waals surface area contributed by atoms with Gasteiger partial charge in [-0.15, -0.1) is 0 Å². The molecule has 2 aromatic carbocycles. The van der Waals surface area contributed by atoms with Crippen LogP contribution in [0.4, 0.5) is 5.69 Å². The van der Waals surface area contributed by atoms with Gasteiger partial charge in [-0.2, -0.15) is 0 Å². The molecule has 0 radical (unpaired) electrons. The first-order valence-corrected chi connectivity index (χ1v) is 10.2. The summed E-state index contributed by atoms with van der Waals surface area (Å²) < 4.78 is 5.93. The number of carbonyl (C=O) groups is 2. The Kier molecular flexibility index (Phi) is 4.81. The Morgan fingerprint density at radius 1 is 0.897 bits per heavy atom. The number of anilines is 1. The van der Waals surface area contributed by atoms with Crippen molar-refractivity contribution in [3.63, 3.8) is 0 Å². The lowest BCUT2D eigenvalue weighted by Crippen LogP contribution is -2.31.